The Kier molecular flexibility index (Phi) is 17.9. The van der Waals surface area contributed by atoms with Crippen LogP contribution in [0.5, 0.6) is 0 Å². The number of nitrogens with one attached hydrogen (secondary N) is 1. The Hall–Kier alpha value is -2.37. The number of carboxylic acid groups (broad SMARTS) is 2. The molecular weight excluding hydrogens is 426 g/mol. The van der Waals surface area contributed by atoms with Crippen LogP contribution >= 0.6 is 0 Å². The third kappa shape index (κ3) is 18.4. The summed E-state index contributed by atoms with van der Waals surface area (Å²) < 4.78 is 15.3. The third-order valence-corrected chi connectivity index (χ3v) is 4.40. The maximum atomic E-state index is 11.8. The van der Waals surface area contributed by atoms with Gasteiger partial charge >= 0.3 is 11.9 Å². The summed E-state index contributed by atoms with van der Waals surface area (Å²) in [6.45, 7) is 1.56. The van der Waals surface area contributed by atoms with E-state index in [9.17, 15) is 29.1 Å². The molecule has 0 aliphatic rings. The van der Waals surface area contributed by atoms with Crippen LogP contribution < -0.4 is 5.32 Å². The second kappa shape index (κ2) is 19.3. The molecule has 0 aromatic carbocycles. The first-order valence-corrected chi connectivity index (χ1v) is 10.6. The molecule has 0 aliphatic heterocycles. The van der Waals surface area contributed by atoms with Crippen molar-refractivity contribution in [2.45, 2.75) is 51.4 Å². The SMILES string of the molecule is COCCCC(=O)COCCOCCNC(=O)CCC(CC(=O)CCCC(=O)O)C(=O)O. The van der Waals surface area contributed by atoms with Gasteiger partial charge in [0.1, 0.15) is 12.4 Å². The molecule has 0 aromatic heterocycles. The average molecular weight is 462 g/mol. The molecule has 3 N–H and O–H groups in total. The summed E-state index contributed by atoms with van der Waals surface area (Å²) in [5, 5.41) is 20.4. The molecule has 0 rings (SSSR count). The number of amides is 1. The molecule has 0 radical (unpaired) electrons. The minimum atomic E-state index is -1.16. The Balaban J connectivity index is 3.80. The first-order chi connectivity index (χ1) is 15.3. The van der Waals surface area contributed by atoms with Gasteiger partial charge in [-0.25, -0.2) is 0 Å². The lowest BCUT2D eigenvalue weighted by atomic mass is 9.95. The molecule has 0 heterocycles. The zero-order chi connectivity index (χ0) is 24.2. The second-order valence-electron chi connectivity index (χ2n) is 7.21. The highest BCUT2D eigenvalue weighted by molar-refractivity contribution is 5.84. The number of carbonyl (C=O) groups is 5. The first-order valence-electron chi connectivity index (χ1n) is 10.6. The smallest absolute Gasteiger partial charge is 0.306 e. The van der Waals surface area contributed by atoms with Crippen LogP contribution in [0.4, 0.5) is 0 Å². The highest BCUT2D eigenvalue weighted by Crippen LogP contribution is 2.14. The van der Waals surface area contributed by atoms with Crippen LogP contribution in [-0.4, -0.2) is 86.3 Å². The van der Waals surface area contributed by atoms with Gasteiger partial charge in [0.15, 0.2) is 5.78 Å². The van der Waals surface area contributed by atoms with Crippen molar-refractivity contribution in [3.05, 3.63) is 0 Å². The predicted molar refractivity (Wildman–Crippen MR) is 112 cm³/mol. The van der Waals surface area contributed by atoms with Gasteiger partial charge in [-0.15, -0.1) is 0 Å². The molecule has 1 atom stereocenters. The number of ketones is 2. The van der Waals surface area contributed by atoms with E-state index in [4.69, 9.17) is 19.3 Å². The number of Topliss-reactive ketones (excluding diaryl/α,β-unsaturated/α-hetero) is 2. The Morgan fingerprint density at radius 3 is 2.16 bits per heavy atom. The molecule has 0 saturated heterocycles. The fourth-order valence-electron chi connectivity index (χ4n) is 2.67. The number of carbonyl (C=O) groups excluding carboxylic acids is 3. The van der Waals surface area contributed by atoms with Gasteiger partial charge in [-0.3, -0.25) is 24.0 Å². The van der Waals surface area contributed by atoms with Crippen LogP contribution in [0.1, 0.15) is 51.4 Å². The minimum Gasteiger partial charge on any atom is -0.481 e. The van der Waals surface area contributed by atoms with E-state index in [1.165, 1.54) is 0 Å². The van der Waals surface area contributed by atoms with Gasteiger partial charge in [0.05, 0.1) is 25.7 Å². The summed E-state index contributed by atoms with van der Waals surface area (Å²) in [4.78, 5) is 56.8. The molecule has 0 saturated carbocycles. The molecule has 0 fully saturated rings. The number of methoxy groups -OCH3 is 1. The summed E-state index contributed by atoms with van der Waals surface area (Å²) >= 11 is 0. The van der Waals surface area contributed by atoms with Crippen LogP contribution in [0.3, 0.4) is 0 Å². The van der Waals surface area contributed by atoms with E-state index in [1.54, 1.807) is 7.11 Å². The lowest BCUT2D eigenvalue weighted by Gasteiger charge is -2.12. The van der Waals surface area contributed by atoms with E-state index in [0.29, 0.717) is 19.4 Å². The van der Waals surface area contributed by atoms with Gasteiger partial charge in [0.25, 0.3) is 0 Å². The van der Waals surface area contributed by atoms with Crippen molar-refractivity contribution in [2.24, 2.45) is 5.92 Å². The monoisotopic (exact) mass is 461 g/mol. The second-order valence-corrected chi connectivity index (χ2v) is 7.21. The molecule has 0 aromatic rings. The largest absolute Gasteiger partial charge is 0.481 e. The minimum absolute atomic E-state index is 0.00376. The standard InChI is InChI=1S/C21H35NO10/c1-30-10-3-5-18(24)15-32-13-12-31-11-9-22-19(25)8-7-16(21(28)29)14-17(23)4-2-6-20(26)27/h16H,2-15H2,1H3,(H,22,25)(H,26,27)(H,28,29). The maximum Gasteiger partial charge on any atom is 0.306 e. The molecule has 32 heavy (non-hydrogen) atoms. The van der Waals surface area contributed by atoms with Crippen LogP contribution in [0.15, 0.2) is 0 Å². The van der Waals surface area contributed by atoms with Crippen molar-refractivity contribution in [1.82, 2.24) is 5.32 Å². The van der Waals surface area contributed by atoms with E-state index in [0.717, 1.165) is 0 Å². The van der Waals surface area contributed by atoms with Crippen molar-refractivity contribution < 1.29 is 48.4 Å². The fourth-order valence-corrected chi connectivity index (χ4v) is 2.67. The first kappa shape index (κ1) is 29.6. The molecule has 0 aliphatic carbocycles. The molecule has 0 bridgehead atoms. The van der Waals surface area contributed by atoms with E-state index >= 15 is 0 Å². The zero-order valence-electron chi connectivity index (χ0n) is 18.6. The Morgan fingerprint density at radius 2 is 1.50 bits per heavy atom. The number of carboxylic acids is 2. The molecule has 11 nitrogen and oxygen atoms in total. The summed E-state index contributed by atoms with van der Waals surface area (Å²) in [6.07, 6.45) is 0.829. The number of ether oxygens (including phenoxy) is 3. The highest BCUT2D eigenvalue weighted by Gasteiger charge is 2.22. The van der Waals surface area contributed by atoms with Crippen molar-refractivity contribution in [3.8, 4) is 0 Å². The van der Waals surface area contributed by atoms with Gasteiger partial charge < -0.3 is 29.7 Å². The number of hydrogen-bond acceptors (Lipinski definition) is 8. The van der Waals surface area contributed by atoms with Gasteiger partial charge in [0.2, 0.25) is 5.91 Å². The quantitative estimate of drug-likeness (QED) is 0.197. The molecule has 184 valence electrons. The Labute approximate surface area is 187 Å². The molecular formula is C21H35NO10. The van der Waals surface area contributed by atoms with E-state index in [-0.39, 0.29) is 89.0 Å². The van der Waals surface area contributed by atoms with E-state index in [2.05, 4.69) is 5.32 Å². The molecule has 1 amide bonds. The number of rotatable bonds is 22. The average Bonchev–Trinajstić information content (AvgIpc) is 2.72. The maximum absolute atomic E-state index is 11.8. The van der Waals surface area contributed by atoms with Crippen LogP contribution in [0.2, 0.25) is 0 Å². The number of aliphatic carboxylic acids is 2. The predicted octanol–water partition coefficient (Wildman–Crippen LogP) is 0.827. The van der Waals surface area contributed by atoms with Gasteiger partial charge in [0, 0.05) is 52.4 Å². The van der Waals surface area contributed by atoms with Crippen molar-refractivity contribution in [1.29, 1.82) is 0 Å². The van der Waals surface area contributed by atoms with E-state index < -0.39 is 17.9 Å². The molecule has 0 spiro atoms. The third-order valence-electron chi connectivity index (χ3n) is 4.40. The lowest BCUT2D eigenvalue weighted by molar-refractivity contribution is -0.144. The zero-order valence-corrected chi connectivity index (χ0v) is 18.6. The van der Waals surface area contributed by atoms with E-state index in [1.807, 2.05) is 0 Å². The topological polar surface area (TPSA) is 166 Å². The fraction of sp³-hybridized carbons (Fsp3) is 0.762. The van der Waals surface area contributed by atoms with Crippen molar-refractivity contribution in [3.63, 3.8) is 0 Å². The Morgan fingerprint density at radius 1 is 0.812 bits per heavy atom. The normalized spacial score (nSPS) is 11.7. The summed E-state index contributed by atoms with van der Waals surface area (Å²) in [5.74, 6) is -3.84. The van der Waals surface area contributed by atoms with Crippen molar-refractivity contribution in [2.75, 3.05) is 46.7 Å². The number of hydrogen-bond donors (Lipinski definition) is 3. The van der Waals surface area contributed by atoms with Gasteiger partial charge in [-0.05, 0) is 19.3 Å². The van der Waals surface area contributed by atoms with Gasteiger partial charge in [-0.1, -0.05) is 0 Å². The lowest BCUT2D eigenvalue weighted by Crippen LogP contribution is -2.29. The summed E-state index contributed by atoms with van der Waals surface area (Å²) in [5.41, 5.74) is 0. The molecule has 1 unspecified atom stereocenters. The highest BCUT2D eigenvalue weighted by atomic mass is 16.5. The van der Waals surface area contributed by atoms with Crippen molar-refractivity contribution >= 4 is 29.4 Å². The molecule has 11 heteroatoms. The van der Waals surface area contributed by atoms with Gasteiger partial charge in [-0.2, -0.15) is 0 Å². The van der Waals surface area contributed by atoms with Crippen LogP contribution in [-0.2, 0) is 38.2 Å². The summed E-state index contributed by atoms with van der Waals surface area (Å²) in [6, 6.07) is 0. The summed E-state index contributed by atoms with van der Waals surface area (Å²) in [7, 11) is 1.57. The van der Waals surface area contributed by atoms with Crippen LogP contribution in [0.25, 0.3) is 0 Å². The van der Waals surface area contributed by atoms with Crippen LogP contribution in [0, 0.1) is 5.92 Å². The Bertz CT molecular complexity index is 593.